The van der Waals surface area contributed by atoms with Crippen molar-refractivity contribution >= 4 is 29.1 Å². The molecule has 6 heteroatoms. The Morgan fingerprint density at radius 1 is 1.20 bits per heavy atom. The summed E-state index contributed by atoms with van der Waals surface area (Å²) in [7, 11) is 0. The summed E-state index contributed by atoms with van der Waals surface area (Å²) in [5.41, 5.74) is 3.51. The van der Waals surface area contributed by atoms with Crippen LogP contribution in [0.1, 0.15) is 55.1 Å². The van der Waals surface area contributed by atoms with Crippen LogP contribution >= 0.6 is 11.6 Å². The van der Waals surface area contributed by atoms with Gasteiger partial charge in [0.05, 0.1) is 17.4 Å². The molecule has 156 valence electrons. The van der Waals surface area contributed by atoms with Crippen LogP contribution in [0.25, 0.3) is 0 Å². The molecule has 1 spiro atoms. The summed E-state index contributed by atoms with van der Waals surface area (Å²) >= 11 is 6.20. The molecule has 3 aliphatic rings. The van der Waals surface area contributed by atoms with E-state index in [1.54, 1.807) is 19.2 Å². The smallest absolute Gasteiger partial charge is 0.259 e. The number of halogens is 1. The Morgan fingerprint density at radius 3 is 2.63 bits per heavy atom. The Balaban J connectivity index is 1.32. The third-order valence-electron chi connectivity index (χ3n) is 7.14. The standard InChI is InChI=1S/C24H26ClN3O2/c1-15(29)27-13-24(14-27)9-17(10-24)6-16-7-19(12-26-11-16)28-22(30)20-5-4-18(25)8-21(20)23(28,2)3/h4-5,7-8,11-12,17H,6,9-10,13-14H2,1-3H3. The monoisotopic (exact) mass is 423 g/mol. The van der Waals surface area contributed by atoms with E-state index in [0.717, 1.165) is 36.3 Å². The van der Waals surface area contributed by atoms with Crippen LogP contribution in [0.5, 0.6) is 0 Å². The number of amides is 2. The van der Waals surface area contributed by atoms with Gasteiger partial charge in [0.1, 0.15) is 0 Å². The lowest BCUT2D eigenvalue weighted by Gasteiger charge is -2.59. The van der Waals surface area contributed by atoms with Gasteiger partial charge in [-0.25, -0.2) is 0 Å². The highest BCUT2D eigenvalue weighted by atomic mass is 35.5. The normalized spacial score (nSPS) is 21.4. The van der Waals surface area contributed by atoms with E-state index >= 15 is 0 Å². The van der Waals surface area contributed by atoms with Gasteiger partial charge in [0.2, 0.25) is 5.91 Å². The van der Waals surface area contributed by atoms with Crippen LogP contribution < -0.4 is 4.90 Å². The molecular weight excluding hydrogens is 398 g/mol. The molecule has 1 aliphatic carbocycles. The van der Waals surface area contributed by atoms with Gasteiger partial charge in [-0.1, -0.05) is 11.6 Å². The lowest BCUT2D eigenvalue weighted by Crippen LogP contribution is -2.63. The highest BCUT2D eigenvalue weighted by Gasteiger charge is 2.52. The van der Waals surface area contributed by atoms with Crippen LogP contribution in [-0.2, 0) is 16.8 Å². The maximum Gasteiger partial charge on any atom is 0.259 e. The van der Waals surface area contributed by atoms with Crippen molar-refractivity contribution in [2.75, 3.05) is 18.0 Å². The summed E-state index contributed by atoms with van der Waals surface area (Å²) in [5.74, 6) is 0.794. The first-order valence-corrected chi connectivity index (χ1v) is 10.9. The van der Waals surface area contributed by atoms with Crippen molar-refractivity contribution in [3.05, 3.63) is 58.4 Å². The molecule has 30 heavy (non-hydrogen) atoms. The average molecular weight is 424 g/mol. The highest BCUT2D eigenvalue weighted by molar-refractivity contribution is 6.31. The summed E-state index contributed by atoms with van der Waals surface area (Å²) in [6.07, 6.45) is 6.98. The van der Waals surface area contributed by atoms with Gasteiger partial charge in [0.25, 0.3) is 5.91 Å². The van der Waals surface area contributed by atoms with E-state index in [9.17, 15) is 9.59 Å². The zero-order chi connectivity index (χ0) is 21.3. The van der Waals surface area contributed by atoms with Crippen molar-refractivity contribution in [1.82, 2.24) is 9.88 Å². The van der Waals surface area contributed by atoms with E-state index in [2.05, 4.69) is 11.1 Å². The molecule has 2 aromatic rings. The van der Waals surface area contributed by atoms with Crippen molar-refractivity contribution in [3.8, 4) is 0 Å². The quantitative estimate of drug-likeness (QED) is 0.733. The first-order valence-electron chi connectivity index (χ1n) is 10.5. The predicted molar refractivity (Wildman–Crippen MR) is 117 cm³/mol. The number of fused-ring (bicyclic) bond motifs is 1. The van der Waals surface area contributed by atoms with Crippen molar-refractivity contribution < 1.29 is 9.59 Å². The SMILES string of the molecule is CC(=O)N1CC2(CC(Cc3cncc(N4C(=O)c5ccc(Cl)cc5C4(C)C)c3)C2)C1. The first-order chi connectivity index (χ1) is 14.2. The van der Waals surface area contributed by atoms with E-state index in [0.29, 0.717) is 21.9 Å². The first kappa shape index (κ1) is 19.6. The lowest BCUT2D eigenvalue weighted by atomic mass is 9.56. The third kappa shape index (κ3) is 2.94. The fraction of sp³-hybridized carbons (Fsp3) is 0.458. The number of benzene rings is 1. The predicted octanol–water partition coefficient (Wildman–Crippen LogP) is 4.43. The van der Waals surface area contributed by atoms with Gasteiger partial charge in [0, 0.05) is 42.2 Å². The van der Waals surface area contributed by atoms with Gasteiger partial charge >= 0.3 is 0 Å². The molecule has 3 heterocycles. The van der Waals surface area contributed by atoms with Crippen LogP contribution in [0.3, 0.4) is 0 Å². The molecule has 0 radical (unpaired) electrons. The van der Waals surface area contributed by atoms with E-state index in [-0.39, 0.29) is 11.8 Å². The maximum absolute atomic E-state index is 13.2. The molecule has 5 rings (SSSR count). The summed E-state index contributed by atoms with van der Waals surface area (Å²) in [6, 6.07) is 7.58. The minimum atomic E-state index is -0.486. The summed E-state index contributed by atoms with van der Waals surface area (Å²) in [5, 5.41) is 0.640. The molecule has 2 amide bonds. The lowest BCUT2D eigenvalue weighted by molar-refractivity contribution is -0.152. The molecular formula is C24H26ClN3O2. The summed E-state index contributed by atoms with van der Waals surface area (Å²) in [6.45, 7) is 7.57. The van der Waals surface area contributed by atoms with Crippen molar-refractivity contribution in [2.24, 2.45) is 11.3 Å². The van der Waals surface area contributed by atoms with Crippen LogP contribution in [0.2, 0.25) is 5.02 Å². The van der Waals surface area contributed by atoms with Gasteiger partial charge in [-0.15, -0.1) is 0 Å². The maximum atomic E-state index is 13.2. The molecule has 0 atom stereocenters. The van der Waals surface area contributed by atoms with Crippen molar-refractivity contribution in [1.29, 1.82) is 0 Å². The number of nitrogens with zero attached hydrogens (tertiary/aromatic N) is 3. The largest absolute Gasteiger partial charge is 0.342 e. The molecule has 0 unspecified atom stereocenters. The molecule has 1 aromatic carbocycles. The Kier molecular flexibility index (Phi) is 4.27. The molecule has 2 aliphatic heterocycles. The number of carbonyl (C=O) groups is 2. The third-order valence-corrected chi connectivity index (χ3v) is 7.37. The Morgan fingerprint density at radius 2 is 1.93 bits per heavy atom. The molecule has 5 nitrogen and oxygen atoms in total. The number of carbonyl (C=O) groups excluding carboxylic acids is 2. The summed E-state index contributed by atoms with van der Waals surface area (Å²) < 4.78 is 0. The fourth-order valence-corrected chi connectivity index (χ4v) is 5.91. The number of anilines is 1. The topological polar surface area (TPSA) is 53.5 Å². The summed E-state index contributed by atoms with van der Waals surface area (Å²) in [4.78, 5) is 32.8. The van der Waals surface area contributed by atoms with Crippen LogP contribution in [0.15, 0.2) is 36.7 Å². The molecule has 0 N–H and O–H groups in total. The van der Waals surface area contributed by atoms with E-state index in [1.807, 2.05) is 42.0 Å². The van der Waals surface area contributed by atoms with Gasteiger partial charge < -0.3 is 4.90 Å². The highest BCUT2D eigenvalue weighted by Crippen LogP contribution is 2.53. The zero-order valence-corrected chi connectivity index (χ0v) is 18.4. The second-order valence-electron chi connectivity index (χ2n) is 9.79. The molecule has 1 saturated carbocycles. The van der Waals surface area contributed by atoms with Crippen molar-refractivity contribution in [2.45, 2.75) is 45.6 Å². The van der Waals surface area contributed by atoms with Gasteiger partial charge in [-0.3, -0.25) is 19.5 Å². The average Bonchev–Trinajstić information content (AvgIpc) is 2.81. The number of rotatable bonds is 3. The van der Waals surface area contributed by atoms with Crippen LogP contribution in [0.4, 0.5) is 5.69 Å². The number of aromatic nitrogens is 1. The minimum Gasteiger partial charge on any atom is -0.342 e. The number of hydrogen-bond acceptors (Lipinski definition) is 3. The Hall–Kier alpha value is -2.40. The van der Waals surface area contributed by atoms with E-state index in [1.165, 1.54) is 12.8 Å². The molecule has 1 aromatic heterocycles. The van der Waals surface area contributed by atoms with E-state index < -0.39 is 5.54 Å². The zero-order valence-electron chi connectivity index (χ0n) is 17.6. The Bertz CT molecular complexity index is 1050. The van der Waals surface area contributed by atoms with Crippen LogP contribution in [-0.4, -0.2) is 34.8 Å². The minimum absolute atomic E-state index is 0.00740. The van der Waals surface area contributed by atoms with Crippen molar-refractivity contribution in [3.63, 3.8) is 0 Å². The van der Waals surface area contributed by atoms with Crippen LogP contribution in [0, 0.1) is 11.3 Å². The Labute approximate surface area is 182 Å². The number of pyridine rings is 1. The number of hydrogen-bond donors (Lipinski definition) is 0. The van der Waals surface area contributed by atoms with Gasteiger partial charge in [-0.05, 0) is 74.4 Å². The van der Waals surface area contributed by atoms with Gasteiger partial charge in [0.15, 0.2) is 0 Å². The molecule has 2 fully saturated rings. The number of likely N-dealkylation sites (tertiary alicyclic amines) is 1. The van der Waals surface area contributed by atoms with Gasteiger partial charge in [-0.2, -0.15) is 0 Å². The van der Waals surface area contributed by atoms with E-state index in [4.69, 9.17) is 11.6 Å². The molecule has 0 bridgehead atoms. The molecule has 1 saturated heterocycles. The second-order valence-corrected chi connectivity index (χ2v) is 10.2. The second kappa shape index (κ2) is 6.55. The fourth-order valence-electron chi connectivity index (χ4n) is 5.74.